The number of piperidine rings is 1. The zero-order valence-electron chi connectivity index (χ0n) is 24.0. The number of aliphatic hydroxyl groups excluding tert-OH is 1. The Morgan fingerprint density at radius 2 is 1.86 bits per heavy atom. The lowest BCUT2D eigenvalue weighted by Crippen LogP contribution is -2.42. The molecule has 0 saturated carbocycles. The Kier molecular flexibility index (Phi) is 11.4. The van der Waals surface area contributed by atoms with Crippen LogP contribution in [0.1, 0.15) is 45.4 Å². The van der Waals surface area contributed by atoms with Crippen molar-refractivity contribution in [3.05, 3.63) is 52.9 Å². The molecule has 0 radical (unpaired) electrons. The third kappa shape index (κ3) is 8.81. The number of anilines is 1. The zero-order chi connectivity index (χ0) is 30.0. The summed E-state index contributed by atoms with van der Waals surface area (Å²) in [6.45, 7) is 4.63. The first kappa shape index (κ1) is 31.5. The van der Waals surface area contributed by atoms with Gasteiger partial charge in [-0.05, 0) is 68.1 Å². The molecule has 0 spiro atoms. The van der Waals surface area contributed by atoms with E-state index >= 15 is 0 Å². The highest BCUT2D eigenvalue weighted by Crippen LogP contribution is 2.25. The van der Waals surface area contributed by atoms with Crippen LogP contribution in [0.15, 0.2) is 52.2 Å². The largest absolute Gasteiger partial charge is 0.489 e. The van der Waals surface area contributed by atoms with Gasteiger partial charge in [-0.15, -0.1) is 0 Å². The van der Waals surface area contributed by atoms with Gasteiger partial charge < -0.3 is 35.8 Å². The van der Waals surface area contributed by atoms with Gasteiger partial charge in [0.05, 0.1) is 10.4 Å². The molecule has 4 rings (SSSR count). The average Bonchev–Trinajstić information content (AvgIpc) is 3.37. The molecule has 1 fully saturated rings. The summed E-state index contributed by atoms with van der Waals surface area (Å²) in [5.41, 5.74) is 1.42. The first-order valence-corrected chi connectivity index (χ1v) is 16.1. The van der Waals surface area contributed by atoms with Crippen LogP contribution in [-0.4, -0.2) is 79.3 Å². The molecule has 1 aromatic heterocycles. The maximum absolute atomic E-state index is 13.2. The molecule has 1 atom stereocenters. The van der Waals surface area contributed by atoms with Crippen molar-refractivity contribution < 1.29 is 23.1 Å². The van der Waals surface area contributed by atoms with E-state index in [1.165, 1.54) is 16.4 Å². The van der Waals surface area contributed by atoms with Gasteiger partial charge in [0.2, 0.25) is 10.0 Å². The Labute approximate surface area is 246 Å². The predicted molar refractivity (Wildman–Crippen MR) is 162 cm³/mol. The molecule has 1 aliphatic heterocycles. The maximum Gasteiger partial charge on any atom is 0.323 e. The lowest BCUT2D eigenvalue weighted by atomic mass is 9.98. The number of carbonyl (C=O) groups is 1. The fourth-order valence-corrected chi connectivity index (χ4v) is 6.46. The van der Waals surface area contributed by atoms with Crippen LogP contribution in [0, 0.1) is 5.92 Å². The molecule has 230 valence electrons. The second kappa shape index (κ2) is 15.2. The molecule has 6 N–H and O–H groups in total. The normalized spacial score (nSPS) is 15.5. The number of ether oxygens (including phenoxy) is 1. The summed E-state index contributed by atoms with van der Waals surface area (Å²) < 4.78 is 33.6. The Hall–Kier alpha value is -3.39. The number of aromatic amines is 2. The topological polar surface area (TPSA) is 169 Å². The number of fused-ring (bicyclic) bond motifs is 1. The van der Waals surface area contributed by atoms with Gasteiger partial charge >= 0.3 is 11.7 Å². The van der Waals surface area contributed by atoms with Crippen molar-refractivity contribution in [3.8, 4) is 5.75 Å². The molecule has 2 heterocycles. The number of aliphatic hydroxyl groups is 1. The van der Waals surface area contributed by atoms with Crippen molar-refractivity contribution in [3.63, 3.8) is 0 Å². The number of rotatable bonds is 15. The van der Waals surface area contributed by atoms with Crippen LogP contribution in [0.3, 0.4) is 0 Å². The zero-order valence-corrected chi connectivity index (χ0v) is 24.8. The number of unbranched alkanes of at least 4 members (excludes halogenated alkanes) is 3. The highest BCUT2D eigenvalue weighted by atomic mass is 32.2. The van der Waals surface area contributed by atoms with Crippen molar-refractivity contribution in [1.82, 2.24) is 24.9 Å². The molecular weight excluding hydrogens is 560 g/mol. The number of sulfonamides is 1. The van der Waals surface area contributed by atoms with Crippen LogP contribution in [0.2, 0.25) is 0 Å². The molecule has 0 bridgehead atoms. The van der Waals surface area contributed by atoms with Gasteiger partial charge in [-0.25, -0.2) is 18.0 Å². The number of imidazole rings is 1. The fourth-order valence-electron chi connectivity index (χ4n) is 4.99. The van der Waals surface area contributed by atoms with Crippen molar-refractivity contribution in [2.24, 2.45) is 5.92 Å². The minimum absolute atomic E-state index is 0.0635. The summed E-state index contributed by atoms with van der Waals surface area (Å²) in [6, 6.07) is 11.2. The Balaban J connectivity index is 1.15. The molecule has 0 unspecified atom stereocenters. The predicted octanol–water partition coefficient (Wildman–Crippen LogP) is 2.99. The van der Waals surface area contributed by atoms with Gasteiger partial charge in [-0.1, -0.05) is 32.3 Å². The van der Waals surface area contributed by atoms with Gasteiger partial charge in [0, 0.05) is 31.9 Å². The van der Waals surface area contributed by atoms with Crippen molar-refractivity contribution in [2.45, 2.75) is 56.4 Å². The number of nitrogens with one attached hydrogen (secondary N) is 5. The molecule has 12 nitrogen and oxygen atoms in total. The first-order chi connectivity index (χ1) is 20.3. The molecule has 42 heavy (non-hydrogen) atoms. The van der Waals surface area contributed by atoms with E-state index in [1.807, 2.05) is 0 Å². The Bertz CT molecular complexity index is 1450. The van der Waals surface area contributed by atoms with E-state index in [4.69, 9.17) is 4.74 Å². The molecule has 3 aromatic rings. The molecular formula is C29H42N6O6S. The maximum atomic E-state index is 13.2. The van der Waals surface area contributed by atoms with Gasteiger partial charge in [-0.2, -0.15) is 4.31 Å². The third-order valence-corrected chi connectivity index (χ3v) is 9.31. The van der Waals surface area contributed by atoms with Crippen molar-refractivity contribution in [2.75, 3.05) is 44.6 Å². The van der Waals surface area contributed by atoms with E-state index in [2.05, 4.69) is 32.8 Å². The molecule has 13 heteroatoms. The van der Waals surface area contributed by atoms with Gasteiger partial charge in [0.15, 0.2) is 0 Å². The summed E-state index contributed by atoms with van der Waals surface area (Å²) in [5, 5.41) is 19.2. The monoisotopic (exact) mass is 602 g/mol. The minimum Gasteiger partial charge on any atom is -0.489 e. The van der Waals surface area contributed by atoms with Crippen LogP contribution in [0.4, 0.5) is 10.5 Å². The van der Waals surface area contributed by atoms with E-state index < -0.39 is 16.1 Å². The number of hydrogen-bond donors (Lipinski definition) is 6. The van der Waals surface area contributed by atoms with E-state index in [-0.39, 0.29) is 29.1 Å². The number of aromatic nitrogens is 2. The number of benzene rings is 2. The highest BCUT2D eigenvalue weighted by molar-refractivity contribution is 7.89. The van der Waals surface area contributed by atoms with Crippen molar-refractivity contribution >= 4 is 32.8 Å². The lowest BCUT2D eigenvalue weighted by molar-refractivity contribution is 0.105. The van der Waals surface area contributed by atoms with Crippen LogP contribution in [-0.2, 0) is 10.0 Å². The van der Waals surface area contributed by atoms with Crippen LogP contribution < -0.4 is 26.4 Å². The minimum atomic E-state index is -3.63. The summed E-state index contributed by atoms with van der Waals surface area (Å²) in [5.74, 6) is 0.776. The molecule has 0 aliphatic carbocycles. The van der Waals surface area contributed by atoms with Crippen LogP contribution in [0.25, 0.3) is 11.0 Å². The first-order valence-electron chi connectivity index (χ1n) is 14.6. The number of nitrogens with zero attached hydrogens (tertiary/aromatic N) is 1. The standard InChI is InChI=1S/C29H42N6O6S/c1-2-3-4-5-15-31-28(37)32-22-9-11-24(12-10-22)42(39,40)35-16-13-21(14-17-35)18-30-19-23(36)20-41-26-8-6-7-25-27(26)34-29(38)33-25/h6-12,21,23,30,36H,2-5,13-20H2,1H3,(H2,31,32,37)(H2,33,34,38)/t23-/m0/s1. The number of H-pyrrole nitrogens is 2. The van der Waals surface area contributed by atoms with Gasteiger partial charge in [0.1, 0.15) is 24.0 Å². The average molecular weight is 603 g/mol. The van der Waals surface area contributed by atoms with Crippen LogP contribution >= 0.6 is 0 Å². The fraction of sp³-hybridized carbons (Fsp3) is 0.517. The molecule has 2 amide bonds. The Morgan fingerprint density at radius 1 is 1.10 bits per heavy atom. The second-order valence-corrected chi connectivity index (χ2v) is 12.6. The summed E-state index contributed by atoms with van der Waals surface area (Å²) in [7, 11) is -3.63. The van der Waals surface area contributed by atoms with E-state index in [9.17, 15) is 23.1 Å². The quantitative estimate of drug-likeness (QED) is 0.145. The second-order valence-electron chi connectivity index (χ2n) is 10.7. The lowest BCUT2D eigenvalue weighted by Gasteiger charge is -2.31. The summed E-state index contributed by atoms with van der Waals surface area (Å²) >= 11 is 0. The van der Waals surface area contributed by atoms with Gasteiger partial charge in [0.25, 0.3) is 0 Å². The molecule has 1 saturated heterocycles. The van der Waals surface area contributed by atoms with E-state index in [1.54, 1.807) is 30.3 Å². The molecule has 2 aromatic carbocycles. The van der Waals surface area contributed by atoms with E-state index in [0.29, 0.717) is 68.0 Å². The summed E-state index contributed by atoms with van der Waals surface area (Å²) in [4.78, 5) is 29.2. The number of amides is 2. The number of carbonyl (C=O) groups excluding carboxylic acids is 1. The van der Waals surface area contributed by atoms with Gasteiger partial charge in [-0.3, -0.25) is 0 Å². The highest BCUT2D eigenvalue weighted by Gasteiger charge is 2.29. The van der Waals surface area contributed by atoms with Crippen LogP contribution in [0.5, 0.6) is 5.75 Å². The number of hydrogen-bond acceptors (Lipinski definition) is 7. The SMILES string of the molecule is CCCCCCNC(=O)Nc1ccc(S(=O)(=O)N2CCC(CNC[C@H](O)COc3cccc4[nH]c(=O)[nH]c34)CC2)cc1. The summed E-state index contributed by atoms with van der Waals surface area (Å²) in [6.07, 6.45) is 4.96. The van der Waals surface area contributed by atoms with E-state index in [0.717, 1.165) is 25.7 Å². The smallest absolute Gasteiger partial charge is 0.323 e. The third-order valence-electron chi connectivity index (χ3n) is 7.40. The van der Waals surface area contributed by atoms with Crippen molar-refractivity contribution in [1.29, 1.82) is 0 Å². The molecule has 1 aliphatic rings. The number of urea groups is 1. The number of para-hydroxylation sites is 1. The Morgan fingerprint density at radius 3 is 2.60 bits per heavy atom.